The number of carbonyl (C=O) groups excluding carboxylic acids is 2. The Bertz CT molecular complexity index is 768. The number of ether oxygens (including phenoxy) is 1. The van der Waals surface area contributed by atoms with Crippen LogP contribution in [0.4, 0.5) is 0 Å². The molecule has 1 aromatic carbocycles. The van der Waals surface area contributed by atoms with E-state index in [2.05, 4.69) is 15.5 Å². The molecular weight excluding hydrogens is 376 g/mol. The van der Waals surface area contributed by atoms with Gasteiger partial charge in [-0.2, -0.15) is 0 Å². The molecule has 0 spiro atoms. The van der Waals surface area contributed by atoms with Gasteiger partial charge in [0.15, 0.2) is 5.16 Å². The molecule has 0 aliphatic heterocycles. The predicted molar refractivity (Wildman–Crippen MR) is 100 cm³/mol. The molecule has 9 heteroatoms. The minimum Gasteiger partial charge on any atom is -0.467 e. The fourth-order valence-electron chi connectivity index (χ4n) is 2.27. The van der Waals surface area contributed by atoms with E-state index in [4.69, 9.17) is 16.3 Å². The third kappa shape index (κ3) is 5.22. The van der Waals surface area contributed by atoms with Gasteiger partial charge in [-0.25, -0.2) is 4.79 Å². The van der Waals surface area contributed by atoms with Gasteiger partial charge in [0.25, 0.3) is 0 Å². The van der Waals surface area contributed by atoms with Gasteiger partial charge in [-0.1, -0.05) is 49.7 Å². The summed E-state index contributed by atoms with van der Waals surface area (Å²) in [6.07, 6.45) is 2.30. The number of carbonyl (C=O) groups is 2. The Morgan fingerprint density at radius 2 is 2.19 bits per heavy atom. The Hall–Kier alpha value is -2.06. The summed E-state index contributed by atoms with van der Waals surface area (Å²) in [5.74, 6) is -0.638. The first kappa shape index (κ1) is 20.3. The monoisotopic (exact) mass is 396 g/mol. The van der Waals surface area contributed by atoms with Crippen LogP contribution in [0.3, 0.4) is 0 Å². The molecule has 0 saturated carbocycles. The summed E-state index contributed by atoms with van der Waals surface area (Å²) in [7, 11) is 1.31. The summed E-state index contributed by atoms with van der Waals surface area (Å²) in [4.78, 5) is 24.1. The Labute approximate surface area is 161 Å². The molecule has 1 amide bonds. The first-order chi connectivity index (χ1) is 12.5. The molecular formula is C17H21ClN4O3S. The highest BCUT2D eigenvalue weighted by atomic mass is 35.5. The summed E-state index contributed by atoms with van der Waals surface area (Å²) in [6, 6.07) is 6.59. The van der Waals surface area contributed by atoms with E-state index < -0.39 is 12.0 Å². The lowest BCUT2D eigenvalue weighted by Crippen LogP contribution is -2.46. The average Bonchev–Trinajstić information content (AvgIpc) is 3.11. The number of rotatable bonds is 8. The maximum Gasteiger partial charge on any atom is 0.328 e. The van der Waals surface area contributed by atoms with Crippen LogP contribution >= 0.6 is 23.4 Å². The van der Waals surface area contributed by atoms with Crippen molar-refractivity contribution < 1.29 is 14.3 Å². The fourth-order valence-corrected chi connectivity index (χ4v) is 3.19. The number of halogens is 1. The predicted octanol–water partition coefficient (Wildman–Crippen LogP) is 2.72. The van der Waals surface area contributed by atoms with Crippen LogP contribution in [0.25, 0.3) is 5.69 Å². The average molecular weight is 397 g/mol. The third-order valence-corrected chi connectivity index (χ3v) is 5.10. The highest BCUT2D eigenvalue weighted by Crippen LogP contribution is 2.21. The van der Waals surface area contributed by atoms with Crippen LogP contribution in [0.2, 0.25) is 5.02 Å². The van der Waals surface area contributed by atoms with Gasteiger partial charge in [0, 0.05) is 5.02 Å². The lowest BCUT2D eigenvalue weighted by Gasteiger charge is -2.21. The highest BCUT2D eigenvalue weighted by molar-refractivity contribution is 7.99. The molecule has 1 heterocycles. The van der Waals surface area contributed by atoms with E-state index in [0.29, 0.717) is 10.2 Å². The zero-order valence-corrected chi connectivity index (χ0v) is 16.4. The highest BCUT2D eigenvalue weighted by Gasteiger charge is 2.26. The zero-order valence-electron chi connectivity index (χ0n) is 14.8. The van der Waals surface area contributed by atoms with Crippen molar-refractivity contribution in [3.63, 3.8) is 0 Å². The lowest BCUT2D eigenvalue weighted by molar-refractivity contribution is -0.146. The summed E-state index contributed by atoms with van der Waals surface area (Å²) in [5.41, 5.74) is 0.803. The van der Waals surface area contributed by atoms with Crippen LogP contribution in [0.5, 0.6) is 0 Å². The second-order valence-corrected chi connectivity index (χ2v) is 7.08. The number of nitrogens with zero attached hydrogens (tertiary/aromatic N) is 3. The zero-order chi connectivity index (χ0) is 19.1. The third-order valence-electron chi connectivity index (χ3n) is 3.92. The fraction of sp³-hybridized carbons (Fsp3) is 0.412. The normalized spacial score (nSPS) is 13.1. The molecule has 1 aromatic heterocycles. The minimum absolute atomic E-state index is 0.0217. The second-order valence-electron chi connectivity index (χ2n) is 5.71. The van der Waals surface area contributed by atoms with Crippen molar-refractivity contribution >= 4 is 35.2 Å². The molecule has 140 valence electrons. The van der Waals surface area contributed by atoms with Gasteiger partial charge in [0.2, 0.25) is 5.91 Å². The number of thioether (sulfide) groups is 1. The summed E-state index contributed by atoms with van der Waals surface area (Å²) in [6.45, 7) is 3.85. The van der Waals surface area contributed by atoms with Crippen molar-refractivity contribution in [2.45, 2.75) is 31.5 Å². The van der Waals surface area contributed by atoms with Gasteiger partial charge >= 0.3 is 5.97 Å². The van der Waals surface area contributed by atoms with Gasteiger partial charge in [-0.3, -0.25) is 9.36 Å². The van der Waals surface area contributed by atoms with Crippen LogP contribution in [0, 0.1) is 5.92 Å². The van der Waals surface area contributed by atoms with Crippen molar-refractivity contribution in [3.05, 3.63) is 35.6 Å². The van der Waals surface area contributed by atoms with Crippen molar-refractivity contribution in [2.75, 3.05) is 12.9 Å². The molecule has 7 nitrogen and oxygen atoms in total. The second kappa shape index (κ2) is 9.59. The van der Waals surface area contributed by atoms with Crippen molar-refractivity contribution in [2.24, 2.45) is 5.92 Å². The molecule has 0 radical (unpaired) electrons. The Morgan fingerprint density at radius 3 is 2.85 bits per heavy atom. The number of methoxy groups -OCH3 is 1. The molecule has 0 bridgehead atoms. The summed E-state index contributed by atoms with van der Waals surface area (Å²) in [5, 5.41) is 11.8. The first-order valence-corrected chi connectivity index (χ1v) is 9.48. The van der Waals surface area contributed by atoms with Gasteiger partial charge < -0.3 is 10.1 Å². The molecule has 2 aromatic rings. The van der Waals surface area contributed by atoms with E-state index in [9.17, 15) is 9.59 Å². The first-order valence-electron chi connectivity index (χ1n) is 8.12. The number of benzene rings is 1. The summed E-state index contributed by atoms with van der Waals surface area (Å²) < 4.78 is 6.52. The Kier molecular flexibility index (Phi) is 7.47. The van der Waals surface area contributed by atoms with Crippen LogP contribution in [-0.4, -0.2) is 45.5 Å². The SMILES string of the molecule is CC[C@H](C)[C@@H](NC(=O)CSc1nncn1-c1cccc(Cl)c1)C(=O)OC. The number of nitrogens with one attached hydrogen (secondary N) is 1. The number of amides is 1. The Morgan fingerprint density at radius 1 is 1.42 bits per heavy atom. The van der Waals surface area contributed by atoms with Gasteiger partial charge in [0.1, 0.15) is 12.4 Å². The molecule has 1 N–H and O–H groups in total. The van der Waals surface area contributed by atoms with Crippen LogP contribution in [0.15, 0.2) is 35.7 Å². The molecule has 0 saturated heterocycles. The van der Waals surface area contributed by atoms with E-state index in [1.807, 2.05) is 26.0 Å². The van der Waals surface area contributed by atoms with Crippen molar-refractivity contribution in [3.8, 4) is 5.69 Å². The largest absolute Gasteiger partial charge is 0.467 e. The van der Waals surface area contributed by atoms with Crippen LogP contribution in [-0.2, 0) is 14.3 Å². The molecule has 26 heavy (non-hydrogen) atoms. The standard InChI is InChI=1S/C17H21ClN4O3S/c1-4-11(2)15(16(24)25-3)20-14(23)9-26-17-21-19-10-22(17)13-7-5-6-12(18)8-13/h5-8,10-11,15H,4,9H2,1-3H3,(H,20,23)/t11-,15+/m0/s1. The van der Waals surface area contributed by atoms with Crippen molar-refractivity contribution in [1.82, 2.24) is 20.1 Å². The minimum atomic E-state index is -0.663. The molecule has 2 rings (SSSR count). The lowest BCUT2D eigenvalue weighted by atomic mass is 9.99. The number of hydrogen-bond donors (Lipinski definition) is 1. The smallest absolute Gasteiger partial charge is 0.328 e. The van der Waals surface area contributed by atoms with E-state index in [0.717, 1.165) is 12.1 Å². The molecule has 0 fully saturated rings. The number of aromatic nitrogens is 3. The van der Waals surface area contributed by atoms with Gasteiger partial charge in [-0.15, -0.1) is 10.2 Å². The maximum absolute atomic E-state index is 12.3. The molecule has 0 unspecified atom stereocenters. The van der Waals surface area contributed by atoms with Gasteiger partial charge in [0.05, 0.1) is 18.6 Å². The van der Waals surface area contributed by atoms with E-state index in [1.165, 1.54) is 18.9 Å². The Balaban J connectivity index is 2.02. The number of esters is 1. The van der Waals surface area contributed by atoms with Crippen molar-refractivity contribution in [1.29, 1.82) is 0 Å². The topological polar surface area (TPSA) is 86.1 Å². The maximum atomic E-state index is 12.3. The molecule has 2 atom stereocenters. The number of hydrogen-bond acceptors (Lipinski definition) is 6. The molecule has 0 aliphatic carbocycles. The van der Waals surface area contributed by atoms with E-state index in [1.54, 1.807) is 23.0 Å². The van der Waals surface area contributed by atoms with Crippen LogP contribution in [0.1, 0.15) is 20.3 Å². The quantitative estimate of drug-likeness (QED) is 0.545. The van der Waals surface area contributed by atoms with E-state index >= 15 is 0 Å². The molecule has 0 aliphatic rings. The van der Waals surface area contributed by atoms with Crippen LogP contribution < -0.4 is 5.32 Å². The van der Waals surface area contributed by atoms with E-state index in [-0.39, 0.29) is 17.6 Å². The summed E-state index contributed by atoms with van der Waals surface area (Å²) >= 11 is 7.24. The van der Waals surface area contributed by atoms with Gasteiger partial charge in [-0.05, 0) is 24.1 Å².